The minimum atomic E-state index is -0.330. The predicted octanol–water partition coefficient (Wildman–Crippen LogP) is 3.59. The molecule has 0 aliphatic heterocycles. The first kappa shape index (κ1) is 20.3. The van der Waals surface area contributed by atoms with E-state index in [0.29, 0.717) is 28.0 Å². The largest absolute Gasteiger partial charge is 0.324 e. The number of aromatic nitrogens is 3. The van der Waals surface area contributed by atoms with Crippen molar-refractivity contribution < 1.29 is 9.59 Å². The number of nitrogens with one attached hydrogen (secondary N) is 1. The fourth-order valence-electron chi connectivity index (χ4n) is 3.55. The molecule has 0 atom stereocenters. The SMILES string of the molecule is CCc1cccc(-n2c(=O)c3cccnc3n2CC(=O)Nc2cccc(C(C)=O)c2)c1. The van der Waals surface area contributed by atoms with Crippen molar-refractivity contribution in [3.05, 3.63) is 88.3 Å². The number of hydrogen-bond acceptors (Lipinski definition) is 4. The van der Waals surface area contributed by atoms with Gasteiger partial charge in [-0.1, -0.05) is 31.2 Å². The molecule has 0 radical (unpaired) electrons. The highest BCUT2D eigenvalue weighted by atomic mass is 16.2. The van der Waals surface area contributed by atoms with Gasteiger partial charge in [-0.15, -0.1) is 0 Å². The summed E-state index contributed by atoms with van der Waals surface area (Å²) >= 11 is 0. The Hall–Kier alpha value is -4.00. The third kappa shape index (κ3) is 4.02. The normalized spacial score (nSPS) is 10.9. The molecule has 0 bridgehead atoms. The number of carbonyl (C=O) groups is 2. The first-order chi connectivity index (χ1) is 15.0. The molecule has 1 N–H and O–H groups in total. The maximum absolute atomic E-state index is 13.1. The molecule has 0 fully saturated rings. The highest BCUT2D eigenvalue weighted by Gasteiger charge is 2.18. The summed E-state index contributed by atoms with van der Waals surface area (Å²) in [6, 6.07) is 17.8. The minimum absolute atomic E-state index is 0.0821. The summed E-state index contributed by atoms with van der Waals surface area (Å²) in [7, 11) is 0. The third-order valence-electron chi connectivity index (χ3n) is 5.10. The van der Waals surface area contributed by atoms with Crippen LogP contribution in [-0.4, -0.2) is 26.0 Å². The maximum Gasteiger partial charge on any atom is 0.280 e. The van der Waals surface area contributed by atoms with Crippen LogP contribution in [0.1, 0.15) is 29.8 Å². The maximum atomic E-state index is 13.1. The van der Waals surface area contributed by atoms with Crippen molar-refractivity contribution in [1.29, 1.82) is 0 Å². The summed E-state index contributed by atoms with van der Waals surface area (Å²) in [5, 5.41) is 3.25. The lowest BCUT2D eigenvalue weighted by molar-refractivity contribution is -0.116. The number of pyridine rings is 1. The number of hydrogen-bond donors (Lipinski definition) is 1. The second-order valence-electron chi connectivity index (χ2n) is 7.26. The van der Waals surface area contributed by atoms with Crippen molar-refractivity contribution in [2.24, 2.45) is 0 Å². The van der Waals surface area contributed by atoms with E-state index in [4.69, 9.17) is 0 Å². The predicted molar refractivity (Wildman–Crippen MR) is 120 cm³/mol. The van der Waals surface area contributed by atoms with E-state index in [1.165, 1.54) is 11.6 Å². The first-order valence-electron chi connectivity index (χ1n) is 10.0. The molecule has 2 aromatic heterocycles. The summed E-state index contributed by atoms with van der Waals surface area (Å²) in [5.74, 6) is -0.412. The second-order valence-corrected chi connectivity index (χ2v) is 7.26. The lowest BCUT2D eigenvalue weighted by atomic mass is 10.1. The molecule has 31 heavy (non-hydrogen) atoms. The second kappa shape index (κ2) is 8.39. The van der Waals surface area contributed by atoms with Gasteiger partial charge in [0, 0.05) is 17.4 Å². The molecule has 0 saturated heterocycles. The van der Waals surface area contributed by atoms with E-state index in [-0.39, 0.29) is 23.8 Å². The lowest BCUT2D eigenvalue weighted by Gasteiger charge is -2.13. The molecule has 7 heteroatoms. The number of amides is 1. The highest BCUT2D eigenvalue weighted by molar-refractivity contribution is 5.97. The lowest BCUT2D eigenvalue weighted by Crippen LogP contribution is -2.27. The molecular formula is C24H22N4O3. The zero-order valence-electron chi connectivity index (χ0n) is 17.3. The molecule has 2 aromatic carbocycles. The van der Waals surface area contributed by atoms with Crippen LogP contribution in [0.4, 0.5) is 5.69 Å². The number of anilines is 1. The van der Waals surface area contributed by atoms with E-state index in [0.717, 1.165) is 12.0 Å². The Morgan fingerprint density at radius 2 is 1.84 bits per heavy atom. The van der Waals surface area contributed by atoms with Crippen LogP contribution in [0.2, 0.25) is 0 Å². The van der Waals surface area contributed by atoms with Gasteiger partial charge in [0.15, 0.2) is 11.4 Å². The van der Waals surface area contributed by atoms with Crippen molar-refractivity contribution in [1.82, 2.24) is 14.3 Å². The van der Waals surface area contributed by atoms with Crippen LogP contribution in [0.3, 0.4) is 0 Å². The molecule has 0 aliphatic carbocycles. The Morgan fingerprint density at radius 3 is 2.61 bits per heavy atom. The monoisotopic (exact) mass is 414 g/mol. The Balaban J connectivity index is 1.74. The van der Waals surface area contributed by atoms with Crippen LogP contribution < -0.4 is 10.9 Å². The van der Waals surface area contributed by atoms with Gasteiger partial charge >= 0.3 is 0 Å². The van der Waals surface area contributed by atoms with E-state index < -0.39 is 0 Å². The fraction of sp³-hybridized carbons (Fsp3) is 0.167. The molecule has 7 nitrogen and oxygen atoms in total. The van der Waals surface area contributed by atoms with Gasteiger partial charge in [0.2, 0.25) is 5.91 Å². The van der Waals surface area contributed by atoms with Gasteiger partial charge in [-0.2, -0.15) is 0 Å². The van der Waals surface area contributed by atoms with Gasteiger partial charge in [0.25, 0.3) is 5.56 Å². The molecule has 0 aliphatic rings. The van der Waals surface area contributed by atoms with Crippen LogP contribution in [0, 0.1) is 0 Å². The Labute approximate surface area is 178 Å². The van der Waals surface area contributed by atoms with Crippen LogP contribution in [0.15, 0.2) is 71.7 Å². The molecule has 2 heterocycles. The summed E-state index contributed by atoms with van der Waals surface area (Å²) in [6.07, 6.45) is 2.42. The molecule has 0 unspecified atom stereocenters. The summed E-state index contributed by atoms with van der Waals surface area (Å²) in [4.78, 5) is 42.0. The fourth-order valence-corrected chi connectivity index (χ4v) is 3.55. The number of rotatable bonds is 6. The summed E-state index contributed by atoms with van der Waals surface area (Å²) in [6.45, 7) is 3.40. The Bertz CT molecular complexity index is 1350. The van der Waals surface area contributed by atoms with Crippen molar-refractivity contribution in [2.45, 2.75) is 26.8 Å². The van der Waals surface area contributed by atoms with Gasteiger partial charge in [0.1, 0.15) is 6.54 Å². The number of nitrogens with zero attached hydrogens (tertiary/aromatic N) is 3. The van der Waals surface area contributed by atoms with E-state index in [9.17, 15) is 14.4 Å². The third-order valence-corrected chi connectivity index (χ3v) is 5.10. The minimum Gasteiger partial charge on any atom is -0.324 e. The zero-order chi connectivity index (χ0) is 22.0. The van der Waals surface area contributed by atoms with Crippen molar-refractivity contribution in [3.8, 4) is 5.69 Å². The molecule has 1 amide bonds. The van der Waals surface area contributed by atoms with Crippen molar-refractivity contribution in [2.75, 3.05) is 5.32 Å². The summed E-state index contributed by atoms with van der Waals surface area (Å²) < 4.78 is 3.07. The molecule has 4 rings (SSSR count). The van der Waals surface area contributed by atoms with E-state index in [1.54, 1.807) is 47.3 Å². The average Bonchev–Trinajstić information content (AvgIpc) is 3.05. The number of carbonyl (C=O) groups excluding carboxylic acids is 2. The molecule has 156 valence electrons. The summed E-state index contributed by atoms with van der Waals surface area (Å²) in [5.41, 5.74) is 2.99. The van der Waals surface area contributed by atoms with E-state index in [1.807, 2.05) is 31.2 Å². The van der Waals surface area contributed by atoms with E-state index >= 15 is 0 Å². The average molecular weight is 414 g/mol. The van der Waals surface area contributed by atoms with Gasteiger partial charge in [-0.05, 0) is 55.3 Å². The Morgan fingerprint density at radius 1 is 1.03 bits per heavy atom. The number of benzene rings is 2. The van der Waals surface area contributed by atoms with Crippen LogP contribution >= 0.6 is 0 Å². The van der Waals surface area contributed by atoms with Gasteiger partial charge in [-0.25, -0.2) is 9.67 Å². The topological polar surface area (TPSA) is 86.0 Å². The van der Waals surface area contributed by atoms with Crippen LogP contribution in [0.5, 0.6) is 0 Å². The molecule has 0 saturated carbocycles. The highest BCUT2D eigenvalue weighted by Crippen LogP contribution is 2.16. The van der Waals surface area contributed by atoms with Gasteiger partial charge < -0.3 is 5.32 Å². The Kier molecular flexibility index (Phi) is 5.49. The number of aryl methyl sites for hydroxylation is 1. The number of Topliss-reactive ketones (excluding diaryl/α,β-unsaturated/α-hetero) is 1. The van der Waals surface area contributed by atoms with Gasteiger partial charge in [-0.3, -0.25) is 19.1 Å². The quantitative estimate of drug-likeness (QED) is 0.489. The zero-order valence-corrected chi connectivity index (χ0v) is 17.3. The standard InChI is InChI=1S/C24H22N4O3/c1-3-17-7-4-10-20(13-17)28-24(31)21-11-6-12-25-23(21)27(28)15-22(30)26-19-9-5-8-18(14-19)16(2)29/h4-14H,3,15H2,1-2H3,(H,26,30). The van der Waals surface area contributed by atoms with Crippen LogP contribution in [-0.2, 0) is 17.8 Å². The molecular weight excluding hydrogens is 392 g/mol. The van der Waals surface area contributed by atoms with Gasteiger partial charge in [0.05, 0.1) is 11.1 Å². The smallest absolute Gasteiger partial charge is 0.280 e. The van der Waals surface area contributed by atoms with Crippen LogP contribution in [0.25, 0.3) is 16.7 Å². The number of ketones is 1. The van der Waals surface area contributed by atoms with Crippen molar-refractivity contribution >= 4 is 28.4 Å². The molecule has 4 aromatic rings. The van der Waals surface area contributed by atoms with Crippen molar-refractivity contribution in [3.63, 3.8) is 0 Å². The van der Waals surface area contributed by atoms with E-state index in [2.05, 4.69) is 10.3 Å². The molecule has 0 spiro atoms. The first-order valence-corrected chi connectivity index (χ1v) is 10.0. The number of fused-ring (bicyclic) bond motifs is 1.